The number of nitrogens with one attached hydrogen (secondary N) is 1. The van der Waals surface area contributed by atoms with Gasteiger partial charge < -0.3 is 9.47 Å². The van der Waals surface area contributed by atoms with Crippen LogP contribution in [0.4, 0.5) is 0 Å². The van der Waals surface area contributed by atoms with Crippen LogP contribution in [0.2, 0.25) is 0 Å². The molecule has 3 atom stereocenters. The van der Waals surface area contributed by atoms with Gasteiger partial charge in [-0.05, 0) is 20.3 Å². The van der Waals surface area contributed by atoms with Crippen molar-refractivity contribution in [1.29, 1.82) is 0 Å². The molecule has 3 nitrogen and oxygen atoms in total. The number of rotatable bonds is 1. The quantitative estimate of drug-likeness (QED) is 0.573. The molecular weight excluding hydrogens is 142 g/mol. The van der Waals surface area contributed by atoms with E-state index in [0.29, 0.717) is 0 Å². The zero-order valence-electron chi connectivity index (χ0n) is 7.26. The van der Waals surface area contributed by atoms with Crippen molar-refractivity contribution in [2.24, 2.45) is 0 Å². The molecule has 1 N–H and O–H groups in total. The van der Waals surface area contributed by atoms with Crippen LogP contribution in [-0.4, -0.2) is 24.2 Å². The summed E-state index contributed by atoms with van der Waals surface area (Å²) in [6.07, 6.45) is 1.51. The van der Waals surface area contributed by atoms with Gasteiger partial charge in [-0.2, -0.15) is 0 Å². The van der Waals surface area contributed by atoms with Crippen LogP contribution in [0.15, 0.2) is 0 Å². The molecule has 0 aliphatic carbocycles. The van der Waals surface area contributed by atoms with E-state index in [1.165, 1.54) is 0 Å². The first-order valence-corrected chi connectivity index (χ1v) is 4.22. The first-order chi connectivity index (χ1) is 5.13. The Bertz CT molecular complexity index is 169. The van der Waals surface area contributed by atoms with Crippen molar-refractivity contribution in [3.05, 3.63) is 0 Å². The maximum atomic E-state index is 5.64. The molecule has 2 saturated heterocycles. The van der Waals surface area contributed by atoms with E-state index in [4.69, 9.17) is 9.47 Å². The summed E-state index contributed by atoms with van der Waals surface area (Å²) in [5.41, 5.74) is 0.0619. The van der Waals surface area contributed by atoms with Crippen molar-refractivity contribution in [3.8, 4) is 0 Å². The van der Waals surface area contributed by atoms with Gasteiger partial charge in [-0.25, -0.2) is 0 Å². The summed E-state index contributed by atoms with van der Waals surface area (Å²) < 4.78 is 10.9. The number of hydrogen-bond donors (Lipinski definition) is 1. The molecule has 0 amide bonds. The van der Waals surface area contributed by atoms with E-state index in [1.54, 1.807) is 0 Å². The summed E-state index contributed by atoms with van der Waals surface area (Å²) in [4.78, 5) is 0. The molecule has 0 radical (unpaired) electrons. The molecule has 0 saturated carbocycles. The van der Waals surface area contributed by atoms with Crippen LogP contribution < -0.4 is 5.32 Å². The minimum Gasteiger partial charge on any atom is -0.343 e. The smallest absolute Gasteiger partial charge is 0.199 e. The first-order valence-electron chi connectivity index (χ1n) is 4.22. The summed E-state index contributed by atoms with van der Waals surface area (Å²) >= 11 is 0. The van der Waals surface area contributed by atoms with Crippen LogP contribution >= 0.6 is 0 Å². The van der Waals surface area contributed by atoms with Gasteiger partial charge in [0.05, 0.1) is 6.10 Å². The molecule has 2 aliphatic rings. The monoisotopic (exact) mass is 157 g/mol. The fourth-order valence-electron chi connectivity index (χ4n) is 1.70. The van der Waals surface area contributed by atoms with Crippen LogP contribution in [0.1, 0.15) is 27.2 Å². The third kappa shape index (κ3) is 1.17. The van der Waals surface area contributed by atoms with Crippen LogP contribution in [-0.2, 0) is 9.47 Å². The van der Waals surface area contributed by atoms with Crippen molar-refractivity contribution in [2.45, 2.75) is 51.4 Å². The highest BCUT2D eigenvalue weighted by atomic mass is 16.8. The van der Waals surface area contributed by atoms with Gasteiger partial charge in [0.25, 0.3) is 0 Å². The van der Waals surface area contributed by atoms with E-state index in [-0.39, 0.29) is 24.2 Å². The van der Waals surface area contributed by atoms with E-state index in [2.05, 4.69) is 26.1 Å². The Morgan fingerprint density at radius 2 is 2.09 bits per heavy atom. The highest BCUT2D eigenvalue weighted by Crippen LogP contribution is 2.34. The molecule has 0 aromatic heterocycles. The SMILES string of the molecule is CC[C@@H]1OC2OC2NC1(C)C. The van der Waals surface area contributed by atoms with E-state index in [1.807, 2.05) is 0 Å². The summed E-state index contributed by atoms with van der Waals surface area (Å²) in [5, 5.41) is 3.38. The van der Waals surface area contributed by atoms with Crippen LogP contribution in [0.5, 0.6) is 0 Å². The molecule has 3 heteroatoms. The van der Waals surface area contributed by atoms with Crippen molar-refractivity contribution in [1.82, 2.24) is 5.32 Å². The number of morpholine rings is 1. The maximum absolute atomic E-state index is 5.64. The van der Waals surface area contributed by atoms with Crippen LogP contribution in [0.25, 0.3) is 0 Å². The summed E-state index contributed by atoms with van der Waals surface area (Å²) in [5.74, 6) is 0. The zero-order valence-corrected chi connectivity index (χ0v) is 7.26. The molecule has 2 unspecified atom stereocenters. The summed E-state index contributed by atoms with van der Waals surface area (Å²) in [6.45, 7) is 6.44. The second-order valence-corrected chi connectivity index (χ2v) is 3.82. The lowest BCUT2D eigenvalue weighted by Crippen LogP contribution is -2.56. The Morgan fingerprint density at radius 1 is 1.36 bits per heavy atom. The third-order valence-electron chi connectivity index (χ3n) is 2.44. The zero-order chi connectivity index (χ0) is 8.06. The van der Waals surface area contributed by atoms with Crippen molar-refractivity contribution in [3.63, 3.8) is 0 Å². The minimum atomic E-state index is 0.0352. The van der Waals surface area contributed by atoms with E-state index in [0.717, 1.165) is 6.42 Å². The normalized spacial score (nSPS) is 46.6. The highest BCUT2D eigenvalue weighted by molar-refractivity contribution is 4.97. The van der Waals surface area contributed by atoms with E-state index < -0.39 is 0 Å². The fraction of sp³-hybridized carbons (Fsp3) is 1.00. The second kappa shape index (κ2) is 2.19. The number of ether oxygens (including phenoxy) is 2. The predicted octanol–water partition coefficient (Wildman–Crippen LogP) is 0.846. The molecule has 2 heterocycles. The molecule has 0 aromatic carbocycles. The van der Waals surface area contributed by atoms with Gasteiger partial charge in [0.15, 0.2) is 12.5 Å². The lowest BCUT2D eigenvalue weighted by Gasteiger charge is -2.36. The number of fused-ring (bicyclic) bond motifs is 1. The summed E-state index contributed by atoms with van der Waals surface area (Å²) in [7, 11) is 0. The van der Waals surface area contributed by atoms with Crippen molar-refractivity contribution in [2.75, 3.05) is 0 Å². The number of hydrogen-bond acceptors (Lipinski definition) is 3. The lowest BCUT2D eigenvalue weighted by molar-refractivity contribution is -0.0640. The maximum Gasteiger partial charge on any atom is 0.199 e. The van der Waals surface area contributed by atoms with Gasteiger partial charge >= 0.3 is 0 Å². The Hall–Kier alpha value is -0.120. The highest BCUT2D eigenvalue weighted by Gasteiger charge is 2.52. The van der Waals surface area contributed by atoms with Gasteiger partial charge in [0.1, 0.15) is 0 Å². The molecule has 0 aromatic rings. The largest absolute Gasteiger partial charge is 0.343 e. The third-order valence-corrected chi connectivity index (χ3v) is 2.44. The standard InChI is InChI=1S/C8H15NO2/c1-4-5-8(2,3)9-6-7(10-5)11-6/h5-7,9H,4H2,1-3H3/t5-,6?,7?/m0/s1. The lowest BCUT2D eigenvalue weighted by atomic mass is 9.94. The van der Waals surface area contributed by atoms with Crippen molar-refractivity contribution < 1.29 is 9.47 Å². The van der Waals surface area contributed by atoms with Gasteiger partial charge in [-0.1, -0.05) is 6.92 Å². The molecule has 0 spiro atoms. The summed E-state index contributed by atoms with van der Waals surface area (Å²) in [6, 6.07) is 0. The Balaban J connectivity index is 2.06. The van der Waals surface area contributed by atoms with E-state index >= 15 is 0 Å². The molecule has 11 heavy (non-hydrogen) atoms. The fourth-order valence-corrected chi connectivity index (χ4v) is 1.70. The average Bonchev–Trinajstić information content (AvgIpc) is 2.61. The molecule has 2 rings (SSSR count). The van der Waals surface area contributed by atoms with Crippen LogP contribution in [0.3, 0.4) is 0 Å². The molecule has 64 valence electrons. The molecular formula is C8H15NO2. The Labute approximate surface area is 67.1 Å². The Kier molecular flexibility index (Phi) is 1.50. The number of epoxide rings is 1. The van der Waals surface area contributed by atoms with Crippen LogP contribution in [0, 0.1) is 0 Å². The van der Waals surface area contributed by atoms with Gasteiger partial charge in [0, 0.05) is 5.54 Å². The average molecular weight is 157 g/mol. The van der Waals surface area contributed by atoms with E-state index in [9.17, 15) is 0 Å². The molecule has 2 aliphatic heterocycles. The minimum absolute atomic E-state index is 0.0352. The molecule has 2 fully saturated rings. The predicted molar refractivity (Wildman–Crippen MR) is 41.0 cm³/mol. The van der Waals surface area contributed by atoms with Gasteiger partial charge in [0.2, 0.25) is 0 Å². The first kappa shape index (κ1) is 7.53. The second-order valence-electron chi connectivity index (χ2n) is 3.82. The van der Waals surface area contributed by atoms with Gasteiger partial charge in [-0.3, -0.25) is 5.32 Å². The van der Waals surface area contributed by atoms with Crippen molar-refractivity contribution >= 4 is 0 Å². The van der Waals surface area contributed by atoms with Gasteiger partial charge in [-0.15, -0.1) is 0 Å². The molecule has 0 bridgehead atoms. The topological polar surface area (TPSA) is 33.8 Å². The Morgan fingerprint density at radius 3 is 2.73 bits per heavy atom.